The lowest BCUT2D eigenvalue weighted by atomic mass is 10.1. The van der Waals surface area contributed by atoms with Crippen molar-refractivity contribution in [2.24, 2.45) is 5.92 Å². The second kappa shape index (κ2) is 7.50. The van der Waals surface area contributed by atoms with Crippen molar-refractivity contribution in [2.45, 2.75) is 19.8 Å². The van der Waals surface area contributed by atoms with Crippen LogP contribution in [0.5, 0.6) is 5.75 Å². The minimum atomic E-state index is -0.148. The molecule has 4 nitrogen and oxygen atoms in total. The maximum Gasteiger partial charge on any atom is 0.255 e. The first-order valence-electron chi connectivity index (χ1n) is 6.99. The molecule has 1 aliphatic heterocycles. The summed E-state index contributed by atoms with van der Waals surface area (Å²) in [5, 5.41) is 3.46. The summed E-state index contributed by atoms with van der Waals surface area (Å²) >= 11 is 5.97. The van der Waals surface area contributed by atoms with Crippen LogP contribution >= 0.6 is 11.6 Å². The van der Waals surface area contributed by atoms with Crippen LogP contribution in [0.3, 0.4) is 0 Å². The van der Waals surface area contributed by atoms with E-state index in [0.29, 0.717) is 35.4 Å². The number of ether oxygens (including phenoxy) is 2. The molecule has 0 aromatic heterocycles. The summed E-state index contributed by atoms with van der Waals surface area (Å²) in [4.78, 5) is 12.2. The SMILES string of the molecule is CCCOc1ccc(Cl)cc1C(=O)NC[C@@H]1CCOC1. The van der Waals surface area contributed by atoms with E-state index < -0.39 is 0 Å². The van der Waals surface area contributed by atoms with E-state index >= 15 is 0 Å². The Bertz CT molecular complexity index is 458. The lowest BCUT2D eigenvalue weighted by Crippen LogP contribution is -2.29. The summed E-state index contributed by atoms with van der Waals surface area (Å²) < 4.78 is 10.9. The number of amides is 1. The van der Waals surface area contributed by atoms with Crippen molar-refractivity contribution in [3.63, 3.8) is 0 Å². The van der Waals surface area contributed by atoms with Gasteiger partial charge < -0.3 is 14.8 Å². The fraction of sp³-hybridized carbons (Fsp3) is 0.533. The van der Waals surface area contributed by atoms with Crippen LogP contribution in [0.15, 0.2) is 18.2 Å². The Kier molecular flexibility index (Phi) is 5.68. The van der Waals surface area contributed by atoms with Crippen molar-refractivity contribution < 1.29 is 14.3 Å². The van der Waals surface area contributed by atoms with Gasteiger partial charge in [-0.1, -0.05) is 18.5 Å². The molecule has 1 amide bonds. The number of nitrogens with one attached hydrogen (secondary N) is 1. The van der Waals surface area contributed by atoms with E-state index in [9.17, 15) is 4.79 Å². The number of carbonyl (C=O) groups is 1. The normalized spacial score (nSPS) is 18.0. The van der Waals surface area contributed by atoms with Crippen molar-refractivity contribution in [3.8, 4) is 5.75 Å². The molecule has 0 aliphatic carbocycles. The highest BCUT2D eigenvalue weighted by Gasteiger charge is 2.18. The minimum absolute atomic E-state index is 0.148. The van der Waals surface area contributed by atoms with Crippen LogP contribution in [0, 0.1) is 5.92 Å². The van der Waals surface area contributed by atoms with Crippen LogP contribution in [0.1, 0.15) is 30.1 Å². The molecule has 20 heavy (non-hydrogen) atoms. The Labute approximate surface area is 124 Å². The van der Waals surface area contributed by atoms with Gasteiger partial charge in [0, 0.05) is 24.1 Å². The van der Waals surface area contributed by atoms with Crippen LogP contribution in [0.2, 0.25) is 5.02 Å². The Hall–Kier alpha value is -1.26. The molecule has 1 heterocycles. The molecule has 1 aromatic rings. The highest BCUT2D eigenvalue weighted by atomic mass is 35.5. The monoisotopic (exact) mass is 297 g/mol. The van der Waals surface area contributed by atoms with Gasteiger partial charge in [-0.15, -0.1) is 0 Å². The molecule has 1 aliphatic rings. The maximum absolute atomic E-state index is 12.2. The Morgan fingerprint density at radius 2 is 2.40 bits per heavy atom. The van der Waals surface area contributed by atoms with E-state index in [1.165, 1.54) is 0 Å². The molecule has 1 N–H and O–H groups in total. The molecule has 5 heteroatoms. The lowest BCUT2D eigenvalue weighted by Gasteiger charge is -2.13. The summed E-state index contributed by atoms with van der Waals surface area (Å²) in [5.74, 6) is 0.833. The van der Waals surface area contributed by atoms with E-state index in [1.807, 2.05) is 6.92 Å². The second-order valence-electron chi connectivity index (χ2n) is 4.93. The van der Waals surface area contributed by atoms with Gasteiger partial charge in [-0.2, -0.15) is 0 Å². The van der Waals surface area contributed by atoms with Gasteiger partial charge >= 0.3 is 0 Å². The zero-order chi connectivity index (χ0) is 14.4. The van der Waals surface area contributed by atoms with Gasteiger partial charge in [0.25, 0.3) is 5.91 Å². The maximum atomic E-state index is 12.2. The van der Waals surface area contributed by atoms with Crippen LogP contribution in [-0.4, -0.2) is 32.3 Å². The molecule has 1 fully saturated rings. The quantitative estimate of drug-likeness (QED) is 0.878. The lowest BCUT2D eigenvalue weighted by molar-refractivity contribution is 0.0941. The number of carbonyl (C=O) groups excluding carboxylic acids is 1. The Morgan fingerprint density at radius 3 is 3.10 bits per heavy atom. The zero-order valence-corrected chi connectivity index (χ0v) is 12.4. The van der Waals surface area contributed by atoms with Gasteiger partial charge in [0.05, 0.1) is 18.8 Å². The van der Waals surface area contributed by atoms with E-state index in [4.69, 9.17) is 21.1 Å². The summed E-state index contributed by atoms with van der Waals surface area (Å²) in [5.41, 5.74) is 0.491. The van der Waals surface area contributed by atoms with Crippen molar-refractivity contribution in [2.75, 3.05) is 26.4 Å². The van der Waals surface area contributed by atoms with Crippen LogP contribution in [-0.2, 0) is 4.74 Å². The van der Waals surface area contributed by atoms with Crippen molar-refractivity contribution in [3.05, 3.63) is 28.8 Å². The molecule has 0 bridgehead atoms. The fourth-order valence-electron chi connectivity index (χ4n) is 2.09. The van der Waals surface area contributed by atoms with Gasteiger partial charge in [0.15, 0.2) is 0 Å². The first kappa shape index (κ1) is 15.1. The topological polar surface area (TPSA) is 47.6 Å². The molecule has 0 spiro atoms. The van der Waals surface area contributed by atoms with E-state index in [0.717, 1.165) is 26.1 Å². The average Bonchev–Trinajstić information content (AvgIpc) is 2.96. The molecule has 0 unspecified atom stereocenters. The highest BCUT2D eigenvalue weighted by Crippen LogP contribution is 2.23. The Balaban J connectivity index is 2.00. The van der Waals surface area contributed by atoms with Crippen molar-refractivity contribution >= 4 is 17.5 Å². The molecule has 0 saturated carbocycles. The molecule has 1 aromatic carbocycles. The summed E-state index contributed by atoms with van der Waals surface area (Å²) in [6, 6.07) is 5.12. The predicted molar refractivity (Wildman–Crippen MR) is 78.5 cm³/mol. The third-order valence-corrected chi connectivity index (χ3v) is 3.46. The summed E-state index contributed by atoms with van der Waals surface area (Å²) in [6.07, 6.45) is 1.89. The summed E-state index contributed by atoms with van der Waals surface area (Å²) in [7, 11) is 0. The van der Waals surface area contributed by atoms with Gasteiger partial charge in [-0.05, 0) is 31.0 Å². The third kappa shape index (κ3) is 4.12. The molecule has 110 valence electrons. The standard InChI is InChI=1S/C15H20ClNO3/c1-2-6-20-14-4-3-12(16)8-13(14)15(18)17-9-11-5-7-19-10-11/h3-4,8,11H,2,5-7,9-10H2,1H3,(H,17,18)/t11-/m0/s1. The second-order valence-corrected chi connectivity index (χ2v) is 5.37. The third-order valence-electron chi connectivity index (χ3n) is 3.22. The van der Waals surface area contributed by atoms with E-state index in [2.05, 4.69) is 5.32 Å². The van der Waals surface area contributed by atoms with Gasteiger partial charge in [-0.3, -0.25) is 4.79 Å². The van der Waals surface area contributed by atoms with Crippen LogP contribution in [0.4, 0.5) is 0 Å². The van der Waals surface area contributed by atoms with Gasteiger partial charge in [0.1, 0.15) is 5.75 Å². The minimum Gasteiger partial charge on any atom is -0.493 e. The first-order valence-corrected chi connectivity index (χ1v) is 7.36. The first-order chi connectivity index (χ1) is 9.70. The smallest absolute Gasteiger partial charge is 0.255 e. The van der Waals surface area contributed by atoms with Crippen molar-refractivity contribution in [1.29, 1.82) is 0 Å². The van der Waals surface area contributed by atoms with Crippen molar-refractivity contribution in [1.82, 2.24) is 5.32 Å². The fourth-order valence-corrected chi connectivity index (χ4v) is 2.27. The van der Waals surface area contributed by atoms with E-state index in [1.54, 1.807) is 18.2 Å². The molecule has 2 rings (SSSR count). The molecule has 1 saturated heterocycles. The van der Waals surface area contributed by atoms with Gasteiger partial charge in [-0.25, -0.2) is 0 Å². The molecular formula is C15H20ClNO3. The highest BCUT2D eigenvalue weighted by molar-refractivity contribution is 6.31. The number of benzene rings is 1. The van der Waals surface area contributed by atoms with Gasteiger partial charge in [0.2, 0.25) is 0 Å². The predicted octanol–water partition coefficient (Wildman–Crippen LogP) is 2.90. The number of halogens is 1. The largest absolute Gasteiger partial charge is 0.493 e. The number of rotatable bonds is 6. The molecule has 1 atom stereocenters. The molecule has 0 radical (unpaired) electrons. The van der Waals surface area contributed by atoms with E-state index in [-0.39, 0.29) is 5.91 Å². The Morgan fingerprint density at radius 1 is 1.55 bits per heavy atom. The summed E-state index contributed by atoms with van der Waals surface area (Å²) in [6.45, 7) is 4.73. The number of hydrogen-bond acceptors (Lipinski definition) is 3. The van der Waals surface area contributed by atoms with Crippen LogP contribution < -0.4 is 10.1 Å². The average molecular weight is 298 g/mol. The zero-order valence-electron chi connectivity index (χ0n) is 11.7. The molecular weight excluding hydrogens is 278 g/mol. The van der Waals surface area contributed by atoms with Crippen LogP contribution in [0.25, 0.3) is 0 Å². The number of hydrogen-bond donors (Lipinski definition) is 1.